The number of piperidine rings is 1. The van der Waals surface area contributed by atoms with E-state index in [9.17, 15) is 4.79 Å². The molecular formula is C16H15N3O. The number of likely N-dealkylation sites (tertiary alicyclic amines) is 1. The van der Waals surface area contributed by atoms with Gasteiger partial charge in [-0.15, -0.1) is 0 Å². The molecule has 1 saturated heterocycles. The second kappa shape index (κ2) is 5.30. The quantitative estimate of drug-likeness (QED) is 0.796. The molecule has 3 rings (SSSR count). The lowest BCUT2D eigenvalue weighted by Crippen LogP contribution is -2.38. The van der Waals surface area contributed by atoms with Gasteiger partial charge in [-0.3, -0.25) is 9.78 Å². The Labute approximate surface area is 117 Å². The Balaban J connectivity index is 1.88. The maximum Gasteiger partial charge on any atom is 0.254 e. The molecule has 1 amide bonds. The molecule has 0 atom stereocenters. The van der Waals surface area contributed by atoms with Gasteiger partial charge >= 0.3 is 0 Å². The number of carbonyl (C=O) groups excluding carboxylic acids is 1. The number of hydrogen-bond acceptors (Lipinski definition) is 3. The fourth-order valence-electron chi connectivity index (χ4n) is 2.66. The van der Waals surface area contributed by atoms with E-state index in [1.54, 1.807) is 12.3 Å². The second-order valence-electron chi connectivity index (χ2n) is 5.07. The minimum Gasteiger partial charge on any atom is -0.339 e. The fourth-order valence-corrected chi connectivity index (χ4v) is 2.66. The van der Waals surface area contributed by atoms with Crippen molar-refractivity contribution in [3.8, 4) is 6.07 Å². The molecule has 0 saturated carbocycles. The maximum atomic E-state index is 12.6. The first-order chi connectivity index (χ1) is 9.79. The van der Waals surface area contributed by atoms with E-state index in [1.807, 2.05) is 29.2 Å². The molecule has 100 valence electrons. The first kappa shape index (κ1) is 12.6. The van der Waals surface area contributed by atoms with Crippen LogP contribution < -0.4 is 0 Å². The Morgan fingerprint density at radius 2 is 2.00 bits per heavy atom. The summed E-state index contributed by atoms with van der Waals surface area (Å²) in [6, 6.07) is 11.7. The summed E-state index contributed by atoms with van der Waals surface area (Å²) in [6.07, 6.45) is 3.22. The van der Waals surface area contributed by atoms with Crippen LogP contribution in [0.1, 0.15) is 23.2 Å². The maximum absolute atomic E-state index is 12.6. The number of rotatable bonds is 1. The van der Waals surface area contributed by atoms with E-state index >= 15 is 0 Å². The Kier molecular flexibility index (Phi) is 3.34. The van der Waals surface area contributed by atoms with Crippen molar-refractivity contribution >= 4 is 16.8 Å². The lowest BCUT2D eigenvalue weighted by molar-refractivity contribution is 0.0709. The molecule has 1 aromatic carbocycles. The summed E-state index contributed by atoms with van der Waals surface area (Å²) in [5.74, 6) is 0.133. The molecule has 2 heterocycles. The number of benzene rings is 1. The summed E-state index contributed by atoms with van der Waals surface area (Å²) >= 11 is 0. The van der Waals surface area contributed by atoms with Crippen molar-refractivity contribution in [2.45, 2.75) is 12.8 Å². The van der Waals surface area contributed by atoms with E-state index < -0.39 is 0 Å². The number of amides is 1. The number of nitriles is 1. The number of aromatic nitrogens is 1. The molecule has 4 nitrogen and oxygen atoms in total. The topological polar surface area (TPSA) is 57.0 Å². The summed E-state index contributed by atoms with van der Waals surface area (Å²) < 4.78 is 0. The molecule has 1 fully saturated rings. The van der Waals surface area contributed by atoms with Gasteiger partial charge in [0, 0.05) is 30.6 Å². The Hall–Kier alpha value is -2.41. The van der Waals surface area contributed by atoms with Crippen LogP contribution in [0.15, 0.2) is 36.5 Å². The zero-order valence-corrected chi connectivity index (χ0v) is 11.1. The zero-order chi connectivity index (χ0) is 13.9. The van der Waals surface area contributed by atoms with Gasteiger partial charge in [0.2, 0.25) is 0 Å². The molecule has 1 aromatic heterocycles. The average Bonchev–Trinajstić information content (AvgIpc) is 2.54. The lowest BCUT2D eigenvalue weighted by Gasteiger charge is -2.29. The van der Waals surface area contributed by atoms with Gasteiger partial charge in [0.15, 0.2) is 0 Å². The third-order valence-electron chi connectivity index (χ3n) is 3.84. The van der Waals surface area contributed by atoms with Crippen LogP contribution in [0.2, 0.25) is 0 Å². The molecule has 0 aliphatic carbocycles. The Morgan fingerprint density at radius 3 is 2.75 bits per heavy atom. The van der Waals surface area contributed by atoms with Crippen LogP contribution in [0.4, 0.5) is 0 Å². The van der Waals surface area contributed by atoms with Crippen LogP contribution in [0.5, 0.6) is 0 Å². The number of carbonyl (C=O) groups is 1. The summed E-state index contributed by atoms with van der Waals surface area (Å²) in [4.78, 5) is 18.7. The van der Waals surface area contributed by atoms with Crippen molar-refractivity contribution in [1.29, 1.82) is 5.26 Å². The van der Waals surface area contributed by atoms with Crippen LogP contribution in [-0.2, 0) is 0 Å². The highest BCUT2D eigenvalue weighted by Gasteiger charge is 2.24. The second-order valence-corrected chi connectivity index (χ2v) is 5.07. The van der Waals surface area contributed by atoms with E-state index in [4.69, 9.17) is 5.26 Å². The Morgan fingerprint density at radius 1 is 1.25 bits per heavy atom. The van der Waals surface area contributed by atoms with Gasteiger partial charge in [0.25, 0.3) is 5.91 Å². The average molecular weight is 265 g/mol. The van der Waals surface area contributed by atoms with Crippen molar-refractivity contribution in [3.63, 3.8) is 0 Å². The van der Waals surface area contributed by atoms with Gasteiger partial charge in [-0.05, 0) is 25.0 Å². The first-order valence-electron chi connectivity index (χ1n) is 6.82. The first-order valence-corrected chi connectivity index (χ1v) is 6.82. The molecule has 0 radical (unpaired) electrons. The van der Waals surface area contributed by atoms with Gasteiger partial charge in [-0.25, -0.2) is 0 Å². The molecule has 0 unspecified atom stereocenters. The molecule has 0 N–H and O–H groups in total. The van der Waals surface area contributed by atoms with Gasteiger partial charge in [0.1, 0.15) is 0 Å². The summed E-state index contributed by atoms with van der Waals surface area (Å²) in [7, 11) is 0. The molecule has 2 aromatic rings. The van der Waals surface area contributed by atoms with Crippen molar-refractivity contribution in [2.24, 2.45) is 5.92 Å². The predicted molar refractivity (Wildman–Crippen MR) is 76.0 cm³/mol. The van der Waals surface area contributed by atoms with Gasteiger partial charge in [-0.2, -0.15) is 5.26 Å². The van der Waals surface area contributed by atoms with Crippen LogP contribution in [0.25, 0.3) is 10.9 Å². The molecule has 4 heteroatoms. The SMILES string of the molecule is N#CC1CCN(C(=O)c2ccnc3ccccc23)CC1. The monoisotopic (exact) mass is 265 g/mol. The minimum absolute atomic E-state index is 0.0417. The number of pyridine rings is 1. The smallest absolute Gasteiger partial charge is 0.254 e. The van der Waals surface area contributed by atoms with Crippen LogP contribution in [0.3, 0.4) is 0 Å². The minimum atomic E-state index is 0.0417. The van der Waals surface area contributed by atoms with Crippen LogP contribution >= 0.6 is 0 Å². The van der Waals surface area contributed by atoms with Crippen molar-refractivity contribution in [2.75, 3.05) is 13.1 Å². The molecule has 1 aliphatic rings. The highest BCUT2D eigenvalue weighted by molar-refractivity contribution is 6.05. The van der Waals surface area contributed by atoms with E-state index in [2.05, 4.69) is 11.1 Å². The summed E-state index contributed by atoms with van der Waals surface area (Å²) in [5, 5.41) is 9.80. The van der Waals surface area contributed by atoms with Gasteiger partial charge < -0.3 is 4.90 Å². The van der Waals surface area contributed by atoms with E-state index in [-0.39, 0.29) is 11.8 Å². The van der Waals surface area contributed by atoms with Crippen LogP contribution in [-0.4, -0.2) is 28.9 Å². The van der Waals surface area contributed by atoms with Gasteiger partial charge in [0.05, 0.1) is 17.1 Å². The van der Waals surface area contributed by atoms with E-state index in [0.29, 0.717) is 18.7 Å². The van der Waals surface area contributed by atoms with Crippen molar-refractivity contribution < 1.29 is 4.79 Å². The molecule has 20 heavy (non-hydrogen) atoms. The molecular weight excluding hydrogens is 250 g/mol. The number of fused-ring (bicyclic) bond motifs is 1. The van der Waals surface area contributed by atoms with Crippen LogP contribution in [0, 0.1) is 17.2 Å². The summed E-state index contributed by atoms with van der Waals surface area (Å²) in [6.45, 7) is 1.32. The van der Waals surface area contributed by atoms with E-state index in [0.717, 1.165) is 23.7 Å². The molecule has 1 aliphatic heterocycles. The normalized spacial score (nSPS) is 16.1. The van der Waals surface area contributed by atoms with Gasteiger partial charge in [-0.1, -0.05) is 18.2 Å². The third-order valence-corrected chi connectivity index (χ3v) is 3.84. The highest BCUT2D eigenvalue weighted by atomic mass is 16.2. The number of para-hydroxylation sites is 1. The zero-order valence-electron chi connectivity index (χ0n) is 11.1. The van der Waals surface area contributed by atoms with Crippen molar-refractivity contribution in [3.05, 3.63) is 42.1 Å². The predicted octanol–water partition coefficient (Wildman–Crippen LogP) is 2.61. The highest BCUT2D eigenvalue weighted by Crippen LogP contribution is 2.22. The fraction of sp³-hybridized carbons (Fsp3) is 0.312. The van der Waals surface area contributed by atoms with Crippen molar-refractivity contribution in [1.82, 2.24) is 9.88 Å². The molecule has 0 bridgehead atoms. The standard InChI is InChI=1S/C16H15N3O/c17-11-12-6-9-19(10-7-12)16(20)14-5-8-18-15-4-2-1-3-13(14)15/h1-5,8,12H,6-7,9-10H2. The summed E-state index contributed by atoms with van der Waals surface area (Å²) in [5.41, 5.74) is 1.54. The Bertz CT molecular complexity index is 676. The van der Waals surface area contributed by atoms with E-state index in [1.165, 1.54) is 0 Å². The largest absolute Gasteiger partial charge is 0.339 e. The number of hydrogen-bond donors (Lipinski definition) is 0. The third kappa shape index (κ3) is 2.23. The lowest BCUT2D eigenvalue weighted by atomic mass is 9.97. The number of nitrogens with zero attached hydrogens (tertiary/aromatic N) is 3. The molecule has 0 spiro atoms.